The highest BCUT2D eigenvalue weighted by atomic mass is 16.5. The molecule has 2 saturated carbocycles. The SMILES string of the molecule is Cc1cc(C)c(CNC2CC2)c(OCC2CCCC2)n1. The van der Waals surface area contributed by atoms with Gasteiger partial charge in [-0.05, 0) is 57.1 Å². The maximum Gasteiger partial charge on any atom is 0.218 e. The van der Waals surface area contributed by atoms with E-state index in [1.54, 1.807) is 0 Å². The number of hydrogen-bond donors (Lipinski definition) is 1. The van der Waals surface area contributed by atoms with Gasteiger partial charge in [-0.2, -0.15) is 0 Å². The summed E-state index contributed by atoms with van der Waals surface area (Å²) >= 11 is 0. The van der Waals surface area contributed by atoms with Crippen LogP contribution < -0.4 is 10.1 Å². The highest BCUT2D eigenvalue weighted by Gasteiger charge is 2.22. The smallest absolute Gasteiger partial charge is 0.218 e. The first-order valence-corrected chi connectivity index (χ1v) is 8.05. The number of rotatable bonds is 6. The van der Waals surface area contributed by atoms with Gasteiger partial charge in [-0.3, -0.25) is 0 Å². The van der Waals surface area contributed by atoms with Gasteiger partial charge in [0.1, 0.15) is 0 Å². The average molecular weight is 274 g/mol. The molecule has 0 aliphatic heterocycles. The van der Waals surface area contributed by atoms with Crippen molar-refractivity contribution in [1.29, 1.82) is 0 Å². The summed E-state index contributed by atoms with van der Waals surface area (Å²) in [5.41, 5.74) is 3.60. The minimum atomic E-state index is 0.721. The Bertz CT molecular complexity index is 462. The van der Waals surface area contributed by atoms with E-state index in [0.29, 0.717) is 0 Å². The third-order valence-corrected chi connectivity index (χ3v) is 4.51. The molecule has 20 heavy (non-hydrogen) atoms. The molecule has 1 N–H and O–H groups in total. The largest absolute Gasteiger partial charge is 0.477 e. The Hall–Kier alpha value is -1.09. The van der Waals surface area contributed by atoms with E-state index >= 15 is 0 Å². The normalized spacial score (nSPS) is 19.5. The Balaban J connectivity index is 1.68. The van der Waals surface area contributed by atoms with E-state index in [1.165, 1.54) is 49.7 Å². The molecule has 0 amide bonds. The molecular formula is C17H26N2O. The van der Waals surface area contributed by atoms with E-state index in [0.717, 1.165) is 36.7 Å². The van der Waals surface area contributed by atoms with Crippen LogP contribution in [0, 0.1) is 19.8 Å². The van der Waals surface area contributed by atoms with Crippen LogP contribution in [0.25, 0.3) is 0 Å². The zero-order valence-corrected chi connectivity index (χ0v) is 12.7. The standard InChI is InChI=1S/C17H26N2O/c1-12-9-13(2)19-17(16(12)10-18-15-7-8-15)20-11-14-5-3-4-6-14/h9,14-15,18H,3-8,10-11H2,1-2H3. The summed E-state index contributed by atoms with van der Waals surface area (Å²) in [4.78, 5) is 4.63. The van der Waals surface area contributed by atoms with Gasteiger partial charge in [0.25, 0.3) is 0 Å². The first-order chi connectivity index (χ1) is 9.72. The average Bonchev–Trinajstić information content (AvgIpc) is 3.09. The number of aryl methyl sites for hydroxylation is 2. The molecule has 0 saturated heterocycles. The number of hydrogen-bond acceptors (Lipinski definition) is 3. The van der Waals surface area contributed by atoms with E-state index in [4.69, 9.17) is 4.74 Å². The quantitative estimate of drug-likeness (QED) is 0.862. The molecule has 3 heteroatoms. The topological polar surface area (TPSA) is 34.1 Å². The van der Waals surface area contributed by atoms with Crippen LogP contribution in [0.4, 0.5) is 0 Å². The highest BCUT2D eigenvalue weighted by molar-refractivity contribution is 5.36. The number of ether oxygens (including phenoxy) is 1. The lowest BCUT2D eigenvalue weighted by atomic mass is 10.1. The molecule has 110 valence electrons. The lowest BCUT2D eigenvalue weighted by Gasteiger charge is -2.16. The van der Waals surface area contributed by atoms with Crippen LogP contribution in [0.15, 0.2) is 6.07 Å². The van der Waals surface area contributed by atoms with Crippen LogP contribution in [-0.2, 0) is 6.54 Å². The van der Waals surface area contributed by atoms with Crippen LogP contribution >= 0.6 is 0 Å². The molecule has 0 radical (unpaired) electrons. The van der Waals surface area contributed by atoms with Crippen LogP contribution in [0.2, 0.25) is 0 Å². The predicted octanol–water partition coefficient (Wildman–Crippen LogP) is 3.52. The second-order valence-corrected chi connectivity index (χ2v) is 6.48. The third kappa shape index (κ3) is 3.51. The van der Waals surface area contributed by atoms with E-state index in [-0.39, 0.29) is 0 Å². The molecule has 2 fully saturated rings. The Kier molecular flexibility index (Phi) is 4.25. The molecular weight excluding hydrogens is 248 g/mol. The van der Waals surface area contributed by atoms with E-state index in [1.807, 2.05) is 6.92 Å². The Labute approximate surface area is 122 Å². The van der Waals surface area contributed by atoms with Crippen molar-refractivity contribution in [2.24, 2.45) is 5.92 Å². The van der Waals surface area contributed by atoms with E-state index < -0.39 is 0 Å². The second-order valence-electron chi connectivity index (χ2n) is 6.48. The predicted molar refractivity (Wildman–Crippen MR) is 81.0 cm³/mol. The summed E-state index contributed by atoms with van der Waals surface area (Å²) in [5.74, 6) is 1.60. The summed E-state index contributed by atoms with van der Waals surface area (Å²) in [6.07, 6.45) is 8.00. The molecule has 2 aliphatic carbocycles. The van der Waals surface area contributed by atoms with Gasteiger partial charge < -0.3 is 10.1 Å². The van der Waals surface area contributed by atoms with Crippen molar-refractivity contribution in [1.82, 2.24) is 10.3 Å². The maximum absolute atomic E-state index is 6.08. The molecule has 0 bridgehead atoms. The van der Waals surface area contributed by atoms with Gasteiger partial charge >= 0.3 is 0 Å². The maximum atomic E-state index is 6.08. The van der Waals surface area contributed by atoms with Gasteiger partial charge in [0.15, 0.2) is 0 Å². The summed E-state index contributed by atoms with van der Waals surface area (Å²) in [7, 11) is 0. The van der Waals surface area contributed by atoms with Gasteiger partial charge in [-0.25, -0.2) is 4.98 Å². The number of pyridine rings is 1. The van der Waals surface area contributed by atoms with Gasteiger partial charge in [-0.15, -0.1) is 0 Å². The minimum Gasteiger partial charge on any atom is -0.477 e. The van der Waals surface area contributed by atoms with Gasteiger partial charge in [0.2, 0.25) is 5.88 Å². The summed E-state index contributed by atoms with van der Waals surface area (Å²) in [6, 6.07) is 2.88. The second kappa shape index (κ2) is 6.13. The Morgan fingerprint density at radius 2 is 1.95 bits per heavy atom. The zero-order valence-electron chi connectivity index (χ0n) is 12.7. The third-order valence-electron chi connectivity index (χ3n) is 4.51. The first-order valence-electron chi connectivity index (χ1n) is 8.05. The zero-order chi connectivity index (χ0) is 13.9. The van der Waals surface area contributed by atoms with E-state index in [9.17, 15) is 0 Å². The van der Waals surface area contributed by atoms with Crippen LogP contribution in [0.5, 0.6) is 5.88 Å². The monoisotopic (exact) mass is 274 g/mol. The van der Waals surface area contributed by atoms with Gasteiger partial charge in [0.05, 0.1) is 6.61 Å². The molecule has 3 nitrogen and oxygen atoms in total. The van der Waals surface area contributed by atoms with Gasteiger partial charge in [-0.1, -0.05) is 12.8 Å². The van der Waals surface area contributed by atoms with E-state index in [2.05, 4.69) is 23.3 Å². The fraction of sp³-hybridized carbons (Fsp3) is 0.706. The summed E-state index contributed by atoms with van der Waals surface area (Å²) in [5, 5.41) is 3.58. The molecule has 3 rings (SSSR count). The minimum absolute atomic E-state index is 0.721. The summed E-state index contributed by atoms with van der Waals surface area (Å²) < 4.78 is 6.08. The van der Waals surface area contributed by atoms with Crippen LogP contribution in [0.1, 0.15) is 55.3 Å². The Morgan fingerprint density at radius 3 is 2.65 bits per heavy atom. The lowest BCUT2D eigenvalue weighted by molar-refractivity contribution is 0.240. The van der Waals surface area contributed by atoms with Crippen molar-refractivity contribution in [3.63, 3.8) is 0 Å². The molecule has 1 aromatic heterocycles. The fourth-order valence-corrected chi connectivity index (χ4v) is 3.07. The van der Waals surface area contributed by atoms with Crippen LogP contribution in [-0.4, -0.2) is 17.6 Å². The Morgan fingerprint density at radius 1 is 1.20 bits per heavy atom. The molecule has 0 aromatic carbocycles. The molecule has 2 aliphatic rings. The molecule has 0 spiro atoms. The summed E-state index contributed by atoms with van der Waals surface area (Å²) in [6.45, 7) is 5.95. The lowest BCUT2D eigenvalue weighted by Crippen LogP contribution is -2.18. The fourth-order valence-electron chi connectivity index (χ4n) is 3.07. The first kappa shape index (κ1) is 13.9. The van der Waals surface area contributed by atoms with Crippen molar-refractivity contribution in [2.75, 3.05) is 6.61 Å². The molecule has 1 aromatic rings. The van der Waals surface area contributed by atoms with Crippen molar-refractivity contribution in [3.05, 3.63) is 22.9 Å². The van der Waals surface area contributed by atoms with Gasteiger partial charge in [0, 0.05) is 23.8 Å². The van der Waals surface area contributed by atoms with Crippen molar-refractivity contribution < 1.29 is 4.74 Å². The molecule has 0 unspecified atom stereocenters. The van der Waals surface area contributed by atoms with Crippen molar-refractivity contribution in [2.45, 2.75) is 65.0 Å². The van der Waals surface area contributed by atoms with Crippen molar-refractivity contribution in [3.8, 4) is 5.88 Å². The number of nitrogens with zero attached hydrogens (tertiary/aromatic N) is 1. The molecule has 1 heterocycles. The van der Waals surface area contributed by atoms with Crippen molar-refractivity contribution >= 4 is 0 Å². The highest BCUT2D eigenvalue weighted by Crippen LogP contribution is 2.28. The number of aromatic nitrogens is 1. The van der Waals surface area contributed by atoms with Crippen LogP contribution in [0.3, 0.4) is 0 Å². The molecule has 0 atom stereocenters. The number of nitrogens with one attached hydrogen (secondary N) is 1.